The Morgan fingerprint density at radius 1 is 1.18 bits per heavy atom. The summed E-state index contributed by atoms with van der Waals surface area (Å²) in [5.41, 5.74) is 7.22. The van der Waals surface area contributed by atoms with Gasteiger partial charge in [-0.1, -0.05) is 6.92 Å². The normalized spacial score (nSPS) is 21.7. The molecule has 2 aliphatic heterocycles. The summed E-state index contributed by atoms with van der Waals surface area (Å²) in [4.78, 5) is 28.5. The SMILES string of the molecule is CCN1CCc2c(sc(NC(=O)c3ccc(S(=O)(=O)N4C[C@H](C)O[C@@H](C)C4)cc3)c2C(N)=O)C1. The Hall–Kier alpha value is -2.31. The molecule has 2 aliphatic rings. The quantitative estimate of drug-likeness (QED) is 0.620. The van der Waals surface area contributed by atoms with Gasteiger partial charge in [-0.15, -0.1) is 11.3 Å². The third-order valence-corrected chi connectivity index (χ3v) is 9.18. The largest absolute Gasteiger partial charge is 0.373 e. The molecule has 1 saturated heterocycles. The molecule has 34 heavy (non-hydrogen) atoms. The number of hydrogen-bond acceptors (Lipinski definition) is 7. The summed E-state index contributed by atoms with van der Waals surface area (Å²) in [5.74, 6) is -0.987. The van der Waals surface area contributed by atoms with Crippen molar-refractivity contribution < 1.29 is 22.7 Å². The summed E-state index contributed by atoms with van der Waals surface area (Å²) in [6.07, 6.45) is 0.326. The highest BCUT2D eigenvalue weighted by Crippen LogP contribution is 2.37. The number of carbonyl (C=O) groups is 2. The van der Waals surface area contributed by atoms with E-state index in [2.05, 4.69) is 17.1 Å². The van der Waals surface area contributed by atoms with Crippen LogP contribution in [0.4, 0.5) is 5.00 Å². The number of rotatable bonds is 6. The number of fused-ring (bicyclic) bond motifs is 1. The van der Waals surface area contributed by atoms with Gasteiger partial charge >= 0.3 is 0 Å². The Morgan fingerprint density at radius 2 is 1.82 bits per heavy atom. The fourth-order valence-electron chi connectivity index (χ4n) is 4.50. The maximum Gasteiger partial charge on any atom is 0.256 e. The molecule has 11 heteroatoms. The molecule has 9 nitrogen and oxygen atoms in total. The lowest BCUT2D eigenvalue weighted by Gasteiger charge is -2.34. The lowest BCUT2D eigenvalue weighted by molar-refractivity contribution is -0.0440. The van der Waals surface area contributed by atoms with Gasteiger partial charge in [0.1, 0.15) is 5.00 Å². The highest BCUT2D eigenvalue weighted by atomic mass is 32.2. The second-order valence-corrected chi connectivity index (χ2v) is 11.8. The van der Waals surface area contributed by atoms with E-state index < -0.39 is 21.8 Å². The molecule has 0 spiro atoms. The zero-order valence-electron chi connectivity index (χ0n) is 19.5. The topological polar surface area (TPSA) is 122 Å². The zero-order chi connectivity index (χ0) is 24.6. The van der Waals surface area contributed by atoms with Gasteiger partial charge in [-0.05, 0) is 56.6 Å². The first-order valence-corrected chi connectivity index (χ1v) is 13.6. The highest BCUT2D eigenvalue weighted by molar-refractivity contribution is 7.89. The van der Waals surface area contributed by atoms with Crippen molar-refractivity contribution in [2.45, 2.75) is 50.8 Å². The summed E-state index contributed by atoms with van der Waals surface area (Å²) in [6, 6.07) is 5.82. The molecule has 0 aliphatic carbocycles. The minimum absolute atomic E-state index is 0.120. The van der Waals surface area contributed by atoms with Gasteiger partial charge in [0.2, 0.25) is 10.0 Å². The third kappa shape index (κ3) is 4.89. The van der Waals surface area contributed by atoms with Crippen LogP contribution in [0.3, 0.4) is 0 Å². The molecule has 1 aromatic heterocycles. The Balaban J connectivity index is 1.53. The number of primary amides is 1. The van der Waals surface area contributed by atoms with Crippen LogP contribution in [0.2, 0.25) is 0 Å². The number of ether oxygens (including phenoxy) is 1. The van der Waals surface area contributed by atoms with Gasteiger partial charge in [0, 0.05) is 36.6 Å². The number of morpholine rings is 1. The molecule has 1 aromatic carbocycles. The average Bonchev–Trinajstić information content (AvgIpc) is 3.15. The highest BCUT2D eigenvalue weighted by Gasteiger charge is 2.32. The van der Waals surface area contributed by atoms with Crippen LogP contribution >= 0.6 is 11.3 Å². The molecule has 184 valence electrons. The van der Waals surface area contributed by atoms with E-state index in [1.165, 1.54) is 39.9 Å². The van der Waals surface area contributed by atoms with Crippen LogP contribution in [0.5, 0.6) is 0 Å². The van der Waals surface area contributed by atoms with E-state index in [0.717, 1.165) is 30.1 Å². The number of benzene rings is 1. The first-order chi connectivity index (χ1) is 16.1. The molecule has 3 heterocycles. The Kier molecular flexibility index (Phi) is 7.11. The van der Waals surface area contributed by atoms with Gasteiger partial charge < -0.3 is 15.8 Å². The maximum atomic E-state index is 13.0. The second kappa shape index (κ2) is 9.74. The zero-order valence-corrected chi connectivity index (χ0v) is 21.2. The maximum absolute atomic E-state index is 13.0. The number of nitrogens with zero attached hydrogens (tertiary/aromatic N) is 2. The molecule has 1 fully saturated rings. The molecule has 2 aromatic rings. The standard InChI is InChI=1S/C23H30N4O5S2/c1-4-26-10-9-18-19(13-26)33-23(20(18)21(24)28)25-22(29)16-5-7-17(8-6-16)34(30,31)27-11-14(2)32-15(3)12-27/h5-8,14-15H,4,9-13H2,1-3H3,(H2,24,28)(H,25,29)/t14-,15-/m0/s1. The van der Waals surface area contributed by atoms with Crippen LogP contribution in [-0.2, 0) is 27.7 Å². The molecule has 2 amide bonds. The van der Waals surface area contributed by atoms with Crippen molar-refractivity contribution in [1.29, 1.82) is 0 Å². The number of anilines is 1. The first-order valence-electron chi connectivity index (χ1n) is 11.3. The van der Waals surface area contributed by atoms with Crippen LogP contribution < -0.4 is 11.1 Å². The van der Waals surface area contributed by atoms with Crippen molar-refractivity contribution in [2.24, 2.45) is 5.73 Å². The van der Waals surface area contributed by atoms with Crippen LogP contribution in [0.25, 0.3) is 0 Å². The fourth-order valence-corrected chi connectivity index (χ4v) is 7.39. The molecule has 4 rings (SSSR count). The summed E-state index contributed by atoms with van der Waals surface area (Å²) in [5, 5.41) is 3.25. The van der Waals surface area contributed by atoms with E-state index in [1.807, 2.05) is 13.8 Å². The van der Waals surface area contributed by atoms with Crippen molar-refractivity contribution >= 4 is 38.2 Å². The van der Waals surface area contributed by atoms with Crippen molar-refractivity contribution in [1.82, 2.24) is 9.21 Å². The summed E-state index contributed by atoms with van der Waals surface area (Å²) in [6.45, 7) is 8.79. The number of nitrogens with two attached hydrogens (primary N) is 1. The summed E-state index contributed by atoms with van der Waals surface area (Å²) in [7, 11) is -3.70. The van der Waals surface area contributed by atoms with E-state index in [-0.39, 0.29) is 30.2 Å². The number of thiophene rings is 1. The van der Waals surface area contributed by atoms with Gasteiger partial charge in [0.25, 0.3) is 11.8 Å². The number of nitrogens with one attached hydrogen (secondary N) is 1. The smallest absolute Gasteiger partial charge is 0.256 e. The predicted molar refractivity (Wildman–Crippen MR) is 131 cm³/mol. The third-order valence-electron chi connectivity index (χ3n) is 6.20. The van der Waals surface area contributed by atoms with Gasteiger partial charge in [0.15, 0.2) is 0 Å². The van der Waals surface area contributed by atoms with Gasteiger partial charge in [0.05, 0.1) is 22.7 Å². The second-order valence-electron chi connectivity index (χ2n) is 8.75. The number of hydrogen-bond donors (Lipinski definition) is 2. The lowest BCUT2D eigenvalue weighted by atomic mass is 10.0. The Labute approximate surface area is 203 Å². The molecule has 0 radical (unpaired) electrons. The van der Waals surface area contributed by atoms with E-state index in [9.17, 15) is 18.0 Å². The molecule has 0 saturated carbocycles. The number of amides is 2. The summed E-state index contributed by atoms with van der Waals surface area (Å²) < 4.78 is 33.1. The van der Waals surface area contributed by atoms with Crippen LogP contribution in [0.15, 0.2) is 29.2 Å². The number of sulfonamides is 1. The van der Waals surface area contributed by atoms with Crippen LogP contribution in [-0.4, -0.2) is 67.8 Å². The van der Waals surface area contributed by atoms with E-state index in [0.29, 0.717) is 22.5 Å². The van der Waals surface area contributed by atoms with E-state index in [1.54, 1.807) is 0 Å². The van der Waals surface area contributed by atoms with Crippen LogP contribution in [0, 0.1) is 0 Å². The van der Waals surface area contributed by atoms with Gasteiger partial charge in [-0.3, -0.25) is 14.5 Å². The average molecular weight is 507 g/mol. The van der Waals surface area contributed by atoms with Gasteiger partial charge in [-0.2, -0.15) is 4.31 Å². The number of likely N-dealkylation sites (N-methyl/N-ethyl adjacent to an activating group) is 1. The molecule has 0 bridgehead atoms. The molecule has 0 unspecified atom stereocenters. The molecular formula is C23H30N4O5S2. The van der Waals surface area contributed by atoms with Crippen molar-refractivity contribution in [3.63, 3.8) is 0 Å². The van der Waals surface area contributed by atoms with Gasteiger partial charge in [-0.25, -0.2) is 8.42 Å². The van der Waals surface area contributed by atoms with E-state index in [4.69, 9.17) is 10.5 Å². The minimum Gasteiger partial charge on any atom is -0.373 e. The van der Waals surface area contributed by atoms with Crippen LogP contribution in [0.1, 0.15) is 51.9 Å². The fraction of sp³-hybridized carbons (Fsp3) is 0.478. The van der Waals surface area contributed by atoms with Crippen molar-refractivity contribution in [2.75, 3.05) is 31.5 Å². The monoisotopic (exact) mass is 506 g/mol. The summed E-state index contributed by atoms with van der Waals surface area (Å²) >= 11 is 1.37. The first kappa shape index (κ1) is 24.8. The Morgan fingerprint density at radius 3 is 2.41 bits per heavy atom. The predicted octanol–water partition coefficient (Wildman–Crippen LogP) is 2.28. The molecule has 2 atom stereocenters. The van der Waals surface area contributed by atoms with E-state index >= 15 is 0 Å². The van der Waals surface area contributed by atoms with Crippen molar-refractivity contribution in [3.8, 4) is 0 Å². The lowest BCUT2D eigenvalue weighted by Crippen LogP contribution is -2.48. The Bertz CT molecular complexity index is 1180. The minimum atomic E-state index is -3.70. The number of carbonyl (C=O) groups excluding carboxylic acids is 2. The molecule has 3 N–H and O–H groups in total. The van der Waals surface area contributed by atoms with Crippen molar-refractivity contribution in [3.05, 3.63) is 45.8 Å². The molecular weight excluding hydrogens is 476 g/mol.